The van der Waals surface area contributed by atoms with Crippen LogP contribution in [0.25, 0.3) is 0 Å². The Balaban J connectivity index is 1.49. The van der Waals surface area contributed by atoms with Crippen LogP contribution in [0.1, 0.15) is 48.4 Å². The lowest BCUT2D eigenvalue weighted by atomic mass is 9.71. The van der Waals surface area contributed by atoms with Crippen LogP contribution in [-0.4, -0.2) is 41.5 Å². The topological polar surface area (TPSA) is 84.4 Å². The van der Waals surface area contributed by atoms with E-state index in [-0.39, 0.29) is 17.9 Å². The van der Waals surface area contributed by atoms with Gasteiger partial charge in [0.1, 0.15) is 23.1 Å². The largest absolute Gasteiger partial charge is 0.497 e. The fraction of sp³-hybridized carbons (Fsp3) is 0.455. The van der Waals surface area contributed by atoms with Crippen molar-refractivity contribution in [3.63, 3.8) is 0 Å². The van der Waals surface area contributed by atoms with Crippen LogP contribution in [0.5, 0.6) is 5.75 Å². The molecule has 4 rings (SSSR count). The molecule has 0 bridgehead atoms. The van der Waals surface area contributed by atoms with E-state index < -0.39 is 11.2 Å². The molecule has 2 atom stereocenters. The van der Waals surface area contributed by atoms with E-state index in [1.165, 1.54) is 19.2 Å². The van der Waals surface area contributed by atoms with Crippen molar-refractivity contribution in [3.8, 4) is 5.75 Å². The summed E-state index contributed by atoms with van der Waals surface area (Å²) in [6.07, 6.45) is 5.26. The van der Waals surface area contributed by atoms with E-state index in [1.54, 1.807) is 30.2 Å². The third-order valence-electron chi connectivity index (χ3n) is 6.11. The van der Waals surface area contributed by atoms with E-state index in [0.717, 1.165) is 19.3 Å². The van der Waals surface area contributed by atoms with Gasteiger partial charge in [-0.2, -0.15) is 0 Å². The Labute approximate surface area is 174 Å². The number of anilines is 1. The van der Waals surface area contributed by atoms with Gasteiger partial charge in [0.05, 0.1) is 18.2 Å². The van der Waals surface area contributed by atoms with Crippen LogP contribution in [0, 0.1) is 18.2 Å². The Morgan fingerprint density at radius 2 is 2.17 bits per heavy atom. The van der Waals surface area contributed by atoms with Gasteiger partial charge in [0.25, 0.3) is 5.91 Å². The van der Waals surface area contributed by atoms with Gasteiger partial charge in [0.2, 0.25) is 5.91 Å². The molecule has 2 aliphatic rings. The maximum Gasteiger partial charge on any atom is 0.270 e. The Morgan fingerprint density at radius 3 is 2.93 bits per heavy atom. The molecule has 30 heavy (non-hydrogen) atoms. The highest BCUT2D eigenvalue weighted by atomic mass is 19.1. The van der Waals surface area contributed by atoms with Crippen LogP contribution in [0.3, 0.4) is 0 Å². The smallest absolute Gasteiger partial charge is 0.270 e. The molecule has 1 saturated carbocycles. The zero-order valence-electron chi connectivity index (χ0n) is 17.2. The highest BCUT2D eigenvalue weighted by molar-refractivity contribution is 6.00. The van der Waals surface area contributed by atoms with Crippen LogP contribution in [0.2, 0.25) is 0 Å². The van der Waals surface area contributed by atoms with Gasteiger partial charge in [-0.3, -0.25) is 9.59 Å². The number of hydrogen-bond donors (Lipinski definition) is 1. The predicted molar refractivity (Wildman–Crippen MR) is 109 cm³/mol. The third-order valence-corrected chi connectivity index (χ3v) is 6.11. The van der Waals surface area contributed by atoms with Crippen LogP contribution >= 0.6 is 0 Å². The van der Waals surface area contributed by atoms with Crippen molar-refractivity contribution in [1.29, 1.82) is 0 Å². The molecule has 8 heteroatoms. The van der Waals surface area contributed by atoms with E-state index >= 15 is 0 Å². The number of halogens is 1. The Morgan fingerprint density at radius 1 is 1.33 bits per heavy atom. The summed E-state index contributed by atoms with van der Waals surface area (Å²) in [4.78, 5) is 35.8. The van der Waals surface area contributed by atoms with E-state index in [1.807, 2.05) is 0 Å². The van der Waals surface area contributed by atoms with Crippen molar-refractivity contribution in [1.82, 2.24) is 15.3 Å². The third kappa shape index (κ3) is 3.86. The van der Waals surface area contributed by atoms with Crippen molar-refractivity contribution >= 4 is 17.5 Å². The number of ether oxygens (including phenoxy) is 1. The molecule has 1 N–H and O–H groups in total. The molecule has 2 unspecified atom stereocenters. The number of rotatable bonds is 4. The number of aromatic nitrogens is 2. The Bertz CT molecular complexity index is 983. The number of aryl methyl sites for hydroxylation is 1. The van der Waals surface area contributed by atoms with Gasteiger partial charge < -0.3 is 15.0 Å². The SMILES string of the molecule is COc1cc(F)cc(N2CCC3(CCCC(NC(=O)c4ccnc(C)n4)C3)C2=O)c1. The first kappa shape index (κ1) is 20.3. The minimum absolute atomic E-state index is 0.00742. The summed E-state index contributed by atoms with van der Waals surface area (Å²) in [5.74, 6) is 0.223. The summed E-state index contributed by atoms with van der Waals surface area (Å²) >= 11 is 0. The summed E-state index contributed by atoms with van der Waals surface area (Å²) in [6, 6.07) is 5.81. The molecule has 158 valence electrons. The lowest BCUT2D eigenvalue weighted by Crippen LogP contribution is -2.46. The van der Waals surface area contributed by atoms with Crippen LogP contribution < -0.4 is 15.0 Å². The van der Waals surface area contributed by atoms with Crippen molar-refractivity contribution in [2.75, 3.05) is 18.6 Å². The number of benzene rings is 1. The van der Waals surface area contributed by atoms with E-state index in [4.69, 9.17) is 4.74 Å². The number of carbonyl (C=O) groups is 2. The van der Waals surface area contributed by atoms with Crippen LogP contribution in [0.4, 0.5) is 10.1 Å². The number of carbonyl (C=O) groups excluding carboxylic acids is 2. The van der Waals surface area contributed by atoms with Crippen molar-refractivity contribution < 1.29 is 18.7 Å². The molecule has 7 nitrogen and oxygen atoms in total. The first-order valence-corrected chi connectivity index (χ1v) is 10.2. The zero-order valence-corrected chi connectivity index (χ0v) is 17.2. The lowest BCUT2D eigenvalue weighted by Gasteiger charge is -2.36. The monoisotopic (exact) mass is 412 g/mol. The Hall–Kier alpha value is -3.03. The van der Waals surface area contributed by atoms with Crippen molar-refractivity contribution in [2.24, 2.45) is 5.41 Å². The molecule has 2 aromatic rings. The van der Waals surface area contributed by atoms with Crippen molar-refractivity contribution in [3.05, 3.63) is 47.8 Å². The van der Waals surface area contributed by atoms with E-state index in [2.05, 4.69) is 15.3 Å². The van der Waals surface area contributed by atoms with Gasteiger partial charge in [-0.05, 0) is 44.7 Å². The number of nitrogens with zero attached hydrogens (tertiary/aromatic N) is 3. The quantitative estimate of drug-likeness (QED) is 0.835. The Kier molecular flexibility index (Phi) is 5.40. The highest BCUT2D eigenvalue weighted by Gasteiger charge is 2.49. The molecule has 1 aliphatic carbocycles. The molecule has 2 heterocycles. The minimum Gasteiger partial charge on any atom is -0.497 e. The number of methoxy groups -OCH3 is 1. The maximum atomic E-state index is 13.9. The second-order valence-electron chi connectivity index (χ2n) is 8.09. The molecule has 2 amide bonds. The number of amides is 2. The van der Waals surface area contributed by atoms with Gasteiger partial charge in [-0.15, -0.1) is 0 Å². The fourth-order valence-electron chi connectivity index (χ4n) is 4.64. The molecule has 1 saturated heterocycles. The molecule has 1 spiro atoms. The highest BCUT2D eigenvalue weighted by Crippen LogP contribution is 2.46. The van der Waals surface area contributed by atoms with Gasteiger partial charge in [-0.1, -0.05) is 6.42 Å². The molecular weight excluding hydrogens is 387 g/mol. The van der Waals surface area contributed by atoms with Crippen LogP contribution in [-0.2, 0) is 4.79 Å². The molecule has 1 aromatic heterocycles. The first-order valence-electron chi connectivity index (χ1n) is 10.2. The second-order valence-corrected chi connectivity index (χ2v) is 8.09. The summed E-state index contributed by atoms with van der Waals surface area (Å²) < 4.78 is 19.1. The summed E-state index contributed by atoms with van der Waals surface area (Å²) in [5, 5.41) is 3.04. The van der Waals surface area contributed by atoms with E-state index in [0.29, 0.717) is 42.3 Å². The zero-order chi connectivity index (χ0) is 21.3. The average molecular weight is 412 g/mol. The molecule has 1 aromatic carbocycles. The lowest BCUT2D eigenvalue weighted by molar-refractivity contribution is -0.127. The van der Waals surface area contributed by atoms with Crippen molar-refractivity contribution in [2.45, 2.75) is 45.1 Å². The van der Waals surface area contributed by atoms with Gasteiger partial charge in [0, 0.05) is 30.9 Å². The first-order chi connectivity index (χ1) is 14.4. The summed E-state index contributed by atoms with van der Waals surface area (Å²) in [7, 11) is 1.47. The second kappa shape index (κ2) is 8.01. The van der Waals surface area contributed by atoms with Gasteiger partial charge in [-0.25, -0.2) is 14.4 Å². The average Bonchev–Trinajstić information content (AvgIpc) is 3.03. The molecule has 1 aliphatic heterocycles. The molecular formula is C22H25FN4O3. The normalized spacial score (nSPS) is 23.6. The van der Waals surface area contributed by atoms with E-state index in [9.17, 15) is 14.0 Å². The predicted octanol–water partition coefficient (Wildman–Crippen LogP) is 3.03. The fourth-order valence-corrected chi connectivity index (χ4v) is 4.64. The maximum absolute atomic E-state index is 13.9. The minimum atomic E-state index is -0.530. The standard InChI is InChI=1S/C22H25FN4O3/c1-14-24-8-5-19(25-14)20(28)26-16-4-3-6-22(13-16)7-9-27(21(22)29)17-10-15(23)11-18(12-17)30-2/h5,8,10-12,16H,3-4,6-7,9,13H2,1-2H3,(H,26,28). The summed E-state index contributed by atoms with van der Waals surface area (Å²) in [6.45, 7) is 2.26. The molecule has 2 fully saturated rings. The number of nitrogens with one attached hydrogen (secondary N) is 1. The van der Waals surface area contributed by atoms with Gasteiger partial charge in [0.15, 0.2) is 0 Å². The summed E-state index contributed by atoms with van der Waals surface area (Å²) in [5.41, 5.74) is 0.307. The van der Waals surface area contributed by atoms with Crippen LogP contribution in [0.15, 0.2) is 30.5 Å². The van der Waals surface area contributed by atoms with Gasteiger partial charge >= 0.3 is 0 Å². The number of hydrogen-bond acceptors (Lipinski definition) is 5. The molecule has 0 radical (unpaired) electrons.